The van der Waals surface area contributed by atoms with Gasteiger partial charge in [-0.1, -0.05) is 0 Å². The molecule has 1 atom stereocenters. The van der Waals surface area contributed by atoms with Gasteiger partial charge in [0.25, 0.3) is 0 Å². The fourth-order valence-corrected chi connectivity index (χ4v) is 2.62. The smallest absolute Gasteiger partial charge is 0.215 e. The van der Waals surface area contributed by atoms with E-state index in [-0.39, 0.29) is 0 Å². The third-order valence-electron chi connectivity index (χ3n) is 3.62. The van der Waals surface area contributed by atoms with Crippen molar-refractivity contribution in [3.05, 3.63) is 18.0 Å². The van der Waals surface area contributed by atoms with Crippen LogP contribution in [-0.4, -0.2) is 21.6 Å². The van der Waals surface area contributed by atoms with Gasteiger partial charge in [-0.3, -0.25) is 0 Å². The Morgan fingerprint density at radius 1 is 1.44 bits per heavy atom. The maximum atomic E-state index is 6.00. The first kappa shape index (κ1) is 11.8. The number of pyridine rings is 1. The summed E-state index contributed by atoms with van der Waals surface area (Å²) in [6.07, 6.45) is 2.57. The van der Waals surface area contributed by atoms with E-state index in [4.69, 9.17) is 16.3 Å². The Bertz CT molecular complexity index is 577. The Kier molecular flexibility index (Phi) is 2.90. The second kappa shape index (κ2) is 4.43. The molecular weight excluding hydrogens is 250 g/mol. The third kappa shape index (κ3) is 1.85. The second-order valence-electron chi connectivity index (χ2n) is 4.81. The number of rotatable bonds is 4. The van der Waals surface area contributed by atoms with Crippen molar-refractivity contribution in [2.45, 2.75) is 31.7 Å². The molecule has 3 rings (SSSR count). The molecule has 2 aromatic heterocycles. The summed E-state index contributed by atoms with van der Waals surface area (Å²) in [5, 5.41) is 0. The highest BCUT2D eigenvalue weighted by Crippen LogP contribution is 2.41. The van der Waals surface area contributed by atoms with Gasteiger partial charge in [0.05, 0.1) is 13.0 Å². The van der Waals surface area contributed by atoms with E-state index in [1.165, 1.54) is 12.8 Å². The minimum atomic E-state index is 0.406. The van der Waals surface area contributed by atoms with Crippen LogP contribution in [0.1, 0.15) is 31.6 Å². The number of methoxy groups -OCH3 is 1. The molecule has 2 heterocycles. The molecule has 0 N–H and O–H groups in total. The molecular formula is C13H16ClN3O. The number of hydrogen-bond donors (Lipinski definition) is 0. The number of alkyl halides is 1. The van der Waals surface area contributed by atoms with Gasteiger partial charge in [0, 0.05) is 12.1 Å². The van der Waals surface area contributed by atoms with Crippen molar-refractivity contribution < 1.29 is 4.74 Å². The van der Waals surface area contributed by atoms with Crippen LogP contribution in [0.5, 0.6) is 5.88 Å². The fraction of sp³-hybridized carbons (Fsp3) is 0.538. The Labute approximate surface area is 111 Å². The van der Waals surface area contributed by atoms with Crippen molar-refractivity contribution in [2.24, 2.45) is 5.92 Å². The monoisotopic (exact) mass is 265 g/mol. The number of halogens is 1. The van der Waals surface area contributed by atoms with Gasteiger partial charge in [0.15, 0.2) is 5.65 Å². The minimum absolute atomic E-state index is 0.406. The number of hydrogen-bond acceptors (Lipinski definition) is 3. The fourth-order valence-electron chi connectivity index (χ4n) is 2.43. The molecule has 0 bridgehead atoms. The summed E-state index contributed by atoms with van der Waals surface area (Å²) in [4.78, 5) is 9.06. The van der Waals surface area contributed by atoms with Crippen LogP contribution in [0, 0.1) is 5.92 Å². The summed E-state index contributed by atoms with van der Waals surface area (Å²) in [6.45, 7) is 2.22. The Morgan fingerprint density at radius 3 is 2.83 bits per heavy atom. The Balaban J connectivity index is 2.17. The first-order valence-electron chi connectivity index (χ1n) is 6.22. The van der Waals surface area contributed by atoms with Crippen LogP contribution in [0.25, 0.3) is 11.2 Å². The lowest BCUT2D eigenvalue weighted by Crippen LogP contribution is -2.11. The molecule has 0 aromatic carbocycles. The van der Waals surface area contributed by atoms with Crippen LogP contribution < -0.4 is 4.74 Å². The molecule has 1 fully saturated rings. The normalized spacial score (nSPS) is 17.1. The second-order valence-corrected chi connectivity index (χ2v) is 5.07. The minimum Gasteiger partial charge on any atom is -0.481 e. The van der Waals surface area contributed by atoms with E-state index in [9.17, 15) is 0 Å². The van der Waals surface area contributed by atoms with E-state index in [0.717, 1.165) is 22.9 Å². The lowest BCUT2D eigenvalue weighted by atomic mass is 10.2. The molecule has 18 heavy (non-hydrogen) atoms. The number of aromatic nitrogens is 3. The number of nitrogens with zero attached hydrogens (tertiary/aromatic N) is 3. The highest BCUT2D eigenvalue weighted by molar-refractivity contribution is 6.16. The van der Waals surface area contributed by atoms with Crippen LogP contribution in [-0.2, 0) is 5.88 Å². The van der Waals surface area contributed by atoms with Crippen molar-refractivity contribution in [3.63, 3.8) is 0 Å². The van der Waals surface area contributed by atoms with Crippen LogP contribution in [0.2, 0.25) is 0 Å². The van der Waals surface area contributed by atoms with Gasteiger partial charge < -0.3 is 9.30 Å². The van der Waals surface area contributed by atoms with Crippen LogP contribution in [0.15, 0.2) is 12.1 Å². The quantitative estimate of drug-likeness (QED) is 0.798. The number of fused-ring (bicyclic) bond motifs is 1. The molecule has 1 unspecified atom stereocenters. The molecule has 0 amide bonds. The topological polar surface area (TPSA) is 39.9 Å². The zero-order valence-electron chi connectivity index (χ0n) is 10.6. The maximum absolute atomic E-state index is 6.00. The molecule has 96 valence electrons. The van der Waals surface area contributed by atoms with Gasteiger partial charge in [-0.2, -0.15) is 4.98 Å². The van der Waals surface area contributed by atoms with Gasteiger partial charge in [0.2, 0.25) is 5.88 Å². The van der Waals surface area contributed by atoms with Crippen molar-refractivity contribution in [1.82, 2.24) is 14.5 Å². The Hall–Kier alpha value is -1.29. The van der Waals surface area contributed by atoms with Crippen molar-refractivity contribution in [3.8, 4) is 5.88 Å². The van der Waals surface area contributed by atoms with Crippen molar-refractivity contribution in [2.75, 3.05) is 7.11 Å². The highest BCUT2D eigenvalue weighted by atomic mass is 35.5. The molecule has 0 radical (unpaired) electrons. The van der Waals surface area contributed by atoms with Crippen molar-refractivity contribution in [1.29, 1.82) is 0 Å². The molecule has 1 aliphatic rings. The van der Waals surface area contributed by atoms with E-state index >= 15 is 0 Å². The van der Waals surface area contributed by atoms with E-state index in [0.29, 0.717) is 17.8 Å². The van der Waals surface area contributed by atoms with E-state index in [1.54, 1.807) is 7.11 Å². The molecule has 0 saturated heterocycles. The molecule has 1 aliphatic carbocycles. The standard InChI is InChI=1S/C13H16ClN3O/c1-8(9-3-4-9)17-11(7-14)15-10-5-6-12(18-2)16-13(10)17/h5-6,8-9H,3-4,7H2,1-2H3. The average Bonchev–Trinajstić information content (AvgIpc) is 3.18. The average molecular weight is 266 g/mol. The summed E-state index contributed by atoms with van der Waals surface area (Å²) in [6, 6.07) is 4.18. The van der Waals surface area contributed by atoms with Crippen LogP contribution in [0.4, 0.5) is 0 Å². The number of ether oxygens (including phenoxy) is 1. The van der Waals surface area contributed by atoms with Gasteiger partial charge in [0.1, 0.15) is 11.3 Å². The summed E-state index contributed by atoms with van der Waals surface area (Å²) < 4.78 is 7.36. The summed E-state index contributed by atoms with van der Waals surface area (Å²) in [5.74, 6) is 2.66. The summed E-state index contributed by atoms with van der Waals surface area (Å²) >= 11 is 6.00. The largest absolute Gasteiger partial charge is 0.481 e. The molecule has 2 aromatic rings. The molecule has 0 spiro atoms. The Morgan fingerprint density at radius 2 is 2.22 bits per heavy atom. The molecule has 5 heteroatoms. The third-order valence-corrected chi connectivity index (χ3v) is 3.86. The first-order valence-corrected chi connectivity index (χ1v) is 6.76. The maximum Gasteiger partial charge on any atom is 0.215 e. The van der Waals surface area contributed by atoms with Gasteiger partial charge in [-0.15, -0.1) is 11.6 Å². The van der Waals surface area contributed by atoms with Crippen molar-refractivity contribution >= 4 is 22.8 Å². The number of imidazole rings is 1. The predicted octanol–water partition coefficient (Wildman–Crippen LogP) is 3.15. The van der Waals surface area contributed by atoms with Gasteiger partial charge >= 0.3 is 0 Å². The highest BCUT2D eigenvalue weighted by Gasteiger charge is 2.31. The van der Waals surface area contributed by atoms with Gasteiger partial charge in [-0.05, 0) is 31.7 Å². The van der Waals surface area contributed by atoms with Gasteiger partial charge in [-0.25, -0.2) is 4.98 Å². The van der Waals surface area contributed by atoms with Crippen LogP contribution >= 0.6 is 11.6 Å². The zero-order valence-corrected chi connectivity index (χ0v) is 11.3. The van der Waals surface area contributed by atoms with E-state index < -0.39 is 0 Å². The molecule has 0 aliphatic heterocycles. The van der Waals surface area contributed by atoms with E-state index in [1.807, 2.05) is 12.1 Å². The predicted molar refractivity (Wildman–Crippen MR) is 71.1 cm³/mol. The summed E-state index contributed by atoms with van der Waals surface area (Å²) in [5.41, 5.74) is 1.77. The van der Waals surface area contributed by atoms with Crippen LogP contribution in [0.3, 0.4) is 0 Å². The molecule has 1 saturated carbocycles. The lowest BCUT2D eigenvalue weighted by Gasteiger charge is -2.15. The SMILES string of the molecule is COc1ccc2nc(CCl)n(C(C)C3CC3)c2n1. The first-order chi connectivity index (χ1) is 8.74. The lowest BCUT2D eigenvalue weighted by molar-refractivity contribution is 0.397. The zero-order chi connectivity index (χ0) is 12.7. The summed E-state index contributed by atoms with van der Waals surface area (Å²) in [7, 11) is 1.63. The van der Waals surface area contributed by atoms with E-state index in [2.05, 4.69) is 21.5 Å². The molecule has 4 nitrogen and oxygen atoms in total.